The predicted molar refractivity (Wildman–Crippen MR) is 153 cm³/mol. The molecule has 2 amide bonds. The summed E-state index contributed by atoms with van der Waals surface area (Å²) in [6, 6.07) is 20.7. The second-order valence-corrected chi connectivity index (χ2v) is 12.9. The summed E-state index contributed by atoms with van der Waals surface area (Å²) >= 11 is 0. The molecule has 42 heavy (non-hydrogen) atoms. The van der Waals surface area contributed by atoms with Gasteiger partial charge in [-0.25, -0.2) is 8.42 Å². The van der Waals surface area contributed by atoms with Gasteiger partial charge in [0.25, 0.3) is 5.91 Å². The molecular formula is C31H32F3N3O4S. The van der Waals surface area contributed by atoms with E-state index in [4.69, 9.17) is 0 Å². The third-order valence-electron chi connectivity index (χ3n) is 8.02. The normalized spacial score (nSPS) is 23.0. The number of amides is 2. The topological polar surface area (TPSA) is 95.6 Å². The maximum atomic E-state index is 13.5. The number of para-hydroxylation sites is 1. The molecule has 1 aliphatic carbocycles. The van der Waals surface area contributed by atoms with Crippen LogP contribution in [0.25, 0.3) is 0 Å². The Kier molecular flexibility index (Phi) is 8.58. The first kappa shape index (κ1) is 29.6. The van der Waals surface area contributed by atoms with Gasteiger partial charge in [-0.15, -0.1) is 0 Å². The van der Waals surface area contributed by atoms with Crippen LogP contribution < -0.4 is 10.6 Å². The van der Waals surface area contributed by atoms with Crippen molar-refractivity contribution in [1.82, 2.24) is 10.2 Å². The molecule has 222 valence electrons. The number of carbonyl (C=O) groups excluding carboxylic acids is 2. The maximum Gasteiger partial charge on any atom is 0.416 e. The van der Waals surface area contributed by atoms with Crippen LogP contribution in [-0.2, 0) is 20.8 Å². The standard InChI is InChI=1S/C31H32F3N3O4S/c32-31(33,34)23-9-7-8-21(18-23)29(38)36-27-16-17-37(30(27)39)28-15-14-25(35-24-10-3-1-4-11-24)19-22(28)20-42(40,41)26-12-5-2-6-13-26/h1-13,18,22,25,27-28,35H,14-17,19-20H2,(H,36,38)/t22-,25+,27?,28?/m0/s1. The Morgan fingerprint density at radius 1 is 0.905 bits per heavy atom. The summed E-state index contributed by atoms with van der Waals surface area (Å²) in [4.78, 5) is 28.2. The molecular weight excluding hydrogens is 567 g/mol. The molecule has 11 heteroatoms. The van der Waals surface area contributed by atoms with Gasteiger partial charge in [0.15, 0.2) is 9.84 Å². The quantitative estimate of drug-likeness (QED) is 0.373. The van der Waals surface area contributed by atoms with Crippen molar-refractivity contribution >= 4 is 27.3 Å². The van der Waals surface area contributed by atoms with Gasteiger partial charge in [0.2, 0.25) is 5.91 Å². The second-order valence-electron chi connectivity index (χ2n) is 10.9. The number of benzene rings is 3. The van der Waals surface area contributed by atoms with E-state index in [2.05, 4.69) is 10.6 Å². The van der Waals surface area contributed by atoms with E-state index in [-0.39, 0.29) is 46.5 Å². The van der Waals surface area contributed by atoms with Crippen LogP contribution in [0.15, 0.2) is 89.8 Å². The van der Waals surface area contributed by atoms with Crippen LogP contribution in [-0.4, -0.2) is 55.6 Å². The van der Waals surface area contributed by atoms with Crippen LogP contribution in [0.2, 0.25) is 0 Å². The Morgan fingerprint density at radius 3 is 2.29 bits per heavy atom. The molecule has 0 bridgehead atoms. The Balaban J connectivity index is 1.32. The van der Waals surface area contributed by atoms with Crippen molar-refractivity contribution < 1.29 is 31.2 Å². The van der Waals surface area contributed by atoms with Gasteiger partial charge in [-0.05, 0) is 74.1 Å². The first-order valence-corrected chi connectivity index (χ1v) is 15.5. The third-order valence-corrected chi connectivity index (χ3v) is 9.88. The van der Waals surface area contributed by atoms with E-state index in [1.165, 1.54) is 6.07 Å². The summed E-state index contributed by atoms with van der Waals surface area (Å²) in [5.74, 6) is -1.62. The SMILES string of the molecule is O=C(NC1CCN(C2CC[C@@H](Nc3ccccc3)C[C@H]2CS(=O)(=O)c2ccccc2)C1=O)c1cccc(C(F)(F)F)c1. The average Bonchev–Trinajstić information content (AvgIpc) is 3.33. The summed E-state index contributed by atoms with van der Waals surface area (Å²) in [7, 11) is -3.65. The summed E-state index contributed by atoms with van der Waals surface area (Å²) in [6.07, 6.45) is -2.51. The van der Waals surface area contributed by atoms with Crippen LogP contribution in [0.4, 0.5) is 18.9 Å². The number of alkyl halides is 3. The minimum absolute atomic E-state index is 0.00809. The molecule has 5 rings (SSSR count). The van der Waals surface area contributed by atoms with Crippen molar-refractivity contribution in [2.75, 3.05) is 17.6 Å². The van der Waals surface area contributed by atoms with Gasteiger partial charge < -0.3 is 15.5 Å². The molecule has 2 fully saturated rings. The van der Waals surface area contributed by atoms with Gasteiger partial charge in [-0.1, -0.05) is 42.5 Å². The van der Waals surface area contributed by atoms with Crippen molar-refractivity contribution in [2.24, 2.45) is 5.92 Å². The first-order valence-electron chi connectivity index (χ1n) is 13.9. The number of carbonyl (C=O) groups is 2. The number of anilines is 1. The highest BCUT2D eigenvalue weighted by Crippen LogP contribution is 2.35. The lowest BCUT2D eigenvalue weighted by Gasteiger charge is -2.41. The minimum Gasteiger partial charge on any atom is -0.382 e. The molecule has 3 aromatic rings. The summed E-state index contributed by atoms with van der Waals surface area (Å²) in [6.45, 7) is 0.315. The van der Waals surface area contributed by atoms with E-state index >= 15 is 0 Å². The van der Waals surface area contributed by atoms with Gasteiger partial charge in [-0.3, -0.25) is 9.59 Å². The fraction of sp³-hybridized carbons (Fsp3) is 0.355. The molecule has 1 aliphatic heterocycles. The molecule has 7 nitrogen and oxygen atoms in total. The van der Waals surface area contributed by atoms with Crippen LogP contribution in [0.3, 0.4) is 0 Å². The monoisotopic (exact) mass is 599 g/mol. The van der Waals surface area contributed by atoms with Crippen LogP contribution in [0, 0.1) is 5.92 Å². The number of hydrogen-bond acceptors (Lipinski definition) is 5. The summed E-state index contributed by atoms with van der Waals surface area (Å²) in [5, 5.41) is 6.09. The van der Waals surface area contributed by atoms with Gasteiger partial charge in [-0.2, -0.15) is 13.2 Å². The highest BCUT2D eigenvalue weighted by Gasteiger charge is 2.43. The lowest BCUT2D eigenvalue weighted by atomic mass is 9.81. The molecule has 1 saturated heterocycles. The van der Waals surface area contributed by atoms with Gasteiger partial charge >= 0.3 is 6.18 Å². The average molecular weight is 600 g/mol. The van der Waals surface area contributed by atoms with Crippen molar-refractivity contribution in [1.29, 1.82) is 0 Å². The van der Waals surface area contributed by atoms with Crippen LogP contribution in [0.1, 0.15) is 41.6 Å². The van der Waals surface area contributed by atoms with E-state index in [9.17, 15) is 31.2 Å². The molecule has 0 aromatic heterocycles. The van der Waals surface area contributed by atoms with Crippen molar-refractivity contribution in [2.45, 2.75) is 54.9 Å². The van der Waals surface area contributed by atoms with E-state index in [0.717, 1.165) is 23.9 Å². The molecule has 0 spiro atoms. The van der Waals surface area contributed by atoms with Gasteiger partial charge in [0, 0.05) is 29.9 Å². The Hall–Kier alpha value is -3.86. The van der Waals surface area contributed by atoms with E-state index in [1.54, 1.807) is 35.2 Å². The van der Waals surface area contributed by atoms with Crippen LogP contribution in [0.5, 0.6) is 0 Å². The molecule has 1 heterocycles. The third kappa shape index (κ3) is 6.78. The minimum atomic E-state index is -4.60. The number of likely N-dealkylation sites (tertiary alicyclic amines) is 1. The highest BCUT2D eigenvalue weighted by atomic mass is 32.2. The van der Waals surface area contributed by atoms with Crippen molar-refractivity contribution in [3.63, 3.8) is 0 Å². The number of sulfone groups is 1. The molecule has 2 unspecified atom stereocenters. The Bertz CT molecular complexity index is 1520. The number of nitrogens with one attached hydrogen (secondary N) is 2. The largest absolute Gasteiger partial charge is 0.416 e. The smallest absolute Gasteiger partial charge is 0.382 e. The van der Waals surface area contributed by atoms with E-state index in [0.29, 0.717) is 25.8 Å². The Morgan fingerprint density at radius 2 is 1.60 bits per heavy atom. The zero-order valence-corrected chi connectivity index (χ0v) is 23.6. The fourth-order valence-electron chi connectivity index (χ4n) is 5.99. The molecule has 0 radical (unpaired) electrons. The maximum absolute atomic E-state index is 13.5. The van der Waals surface area contributed by atoms with E-state index in [1.807, 2.05) is 30.3 Å². The number of nitrogens with zero attached hydrogens (tertiary/aromatic N) is 1. The van der Waals surface area contributed by atoms with Gasteiger partial charge in [0.05, 0.1) is 16.2 Å². The Labute approximate surface area is 243 Å². The molecule has 4 atom stereocenters. The molecule has 1 saturated carbocycles. The summed E-state index contributed by atoms with van der Waals surface area (Å²) in [5.41, 5.74) is -0.200. The van der Waals surface area contributed by atoms with Crippen LogP contribution >= 0.6 is 0 Å². The first-order chi connectivity index (χ1) is 20.0. The number of rotatable bonds is 8. The van der Waals surface area contributed by atoms with Crippen molar-refractivity contribution in [3.05, 3.63) is 96.1 Å². The molecule has 2 aliphatic rings. The van der Waals surface area contributed by atoms with Gasteiger partial charge in [0.1, 0.15) is 6.04 Å². The van der Waals surface area contributed by atoms with E-state index < -0.39 is 33.5 Å². The zero-order valence-electron chi connectivity index (χ0n) is 22.8. The zero-order chi connectivity index (χ0) is 29.9. The number of hydrogen-bond donors (Lipinski definition) is 2. The molecule has 2 N–H and O–H groups in total. The summed E-state index contributed by atoms with van der Waals surface area (Å²) < 4.78 is 66.2. The highest BCUT2D eigenvalue weighted by molar-refractivity contribution is 7.91. The molecule has 3 aromatic carbocycles. The fourth-order valence-corrected chi connectivity index (χ4v) is 7.67. The van der Waals surface area contributed by atoms with Crippen molar-refractivity contribution in [3.8, 4) is 0 Å². The number of halogens is 3. The lowest BCUT2D eigenvalue weighted by molar-refractivity contribution is -0.137. The predicted octanol–water partition coefficient (Wildman–Crippen LogP) is 5.16. The lowest BCUT2D eigenvalue weighted by Crippen LogP contribution is -2.51. The second kappa shape index (κ2) is 12.2.